The van der Waals surface area contributed by atoms with Crippen LogP contribution in [0.4, 0.5) is 0 Å². The Balaban J connectivity index is 1.58. The van der Waals surface area contributed by atoms with Crippen LogP contribution in [0.5, 0.6) is 0 Å². The first-order valence-corrected chi connectivity index (χ1v) is 9.38. The molecule has 3 aromatic rings. The zero-order valence-electron chi connectivity index (χ0n) is 17.0. The van der Waals surface area contributed by atoms with Crippen molar-refractivity contribution in [2.45, 2.75) is 33.7 Å². The second-order valence-corrected chi connectivity index (χ2v) is 6.97. The maximum absolute atomic E-state index is 12.3. The molecule has 0 unspecified atom stereocenters. The number of hydrogen-bond donors (Lipinski definition) is 1. The first-order chi connectivity index (χ1) is 13.8. The highest BCUT2D eigenvalue weighted by Crippen LogP contribution is 2.16. The summed E-state index contributed by atoms with van der Waals surface area (Å²) in [6.07, 6.45) is 0. The van der Waals surface area contributed by atoms with Gasteiger partial charge in [-0.25, -0.2) is 4.79 Å². The van der Waals surface area contributed by atoms with Gasteiger partial charge in [0.15, 0.2) is 12.3 Å². The van der Waals surface area contributed by atoms with Crippen LogP contribution in [-0.2, 0) is 9.53 Å². The minimum absolute atomic E-state index is 0.0869. The molecule has 7 nitrogen and oxygen atoms in total. The highest BCUT2D eigenvalue weighted by molar-refractivity contribution is 5.90. The number of ether oxygens (including phenoxy) is 1. The summed E-state index contributed by atoms with van der Waals surface area (Å²) in [6.45, 7) is 7.24. The lowest BCUT2D eigenvalue weighted by atomic mass is 10.0. The zero-order chi connectivity index (χ0) is 21.0. The topological polar surface area (TPSA) is 86.1 Å². The fraction of sp³-hybridized carbons (Fsp3) is 0.273. The number of aryl methyl sites for hydroxylation is 3. The minimum atomic E-state index is -0.682. The number of rotatable bonds is 6. The number of hydrogen-bond acceptors (Lipinski definition) is 5. The first kappa shape index (κ1) is 20.3. The van der Waals surface area contributed by atoms with Gasteiger partial charge in [0.25, 0.3) is 5.91 Å². The Bertz CT molecular complexity index is 1030. The quantitative estimate of drug-likeness (QED) is 0.651. The van der Waals surface area contributed by atoms with Gasteiger partial charge in [-0.3, -0.25) is 4.79 Å². The van der Waals surface area contributed by atoms with E-state index in [-0.39, 0.29) is 24.2 Å². The van der Waals surface area contributed by atoms with Crippen molar-refractivity contribution in [3.8, 4) is 5.69 Å². The first-order valence-electron chi connectivity index (χ1n) is 9.38. The molecule has 0 aliphatic carbocycles. The van der Waals surface area contributed by atoms with E-state index in [1.54, 1.807) is 6.92 Å². The van der Waals surface area contributed by atoms with E-state index < -0.39 is 5.97 Å². The van der Waals surface area contributed by atoms with Crippen LogP contribution in [-0.4, -0.2) is 33.5 Å². The van der Waals surface area contributed by atoms with Crippen molar-refractivity contribution in [1.29, 1.82) is 0 Å². The number of nitrogens with zero attached hydrogens (tertiary/aromatic N) is 3. The van der Waals surface area contributed by atoms with Gasteiger partial charge < -0.3 is 10.1 Å². The molecule has 1 N–H and O–H groups in total. The fourth-order valence-corrected chi connectivity index (χ4v) is 2.84. The molecular formula is C22H24N4O3. The summed E-state index contributed by atoms with van der Waals surface area (Å²) < 4.78 is 5.13. The van der Waals surface area contributed by atoms with Crippen molar-refractivity contribution in [3.63, 3.8) is 0 Å². The van der Waals surface area contributed by atoms with E-state index >= 15 is 0 Å². The van der Waals surface area contributed by atoms with Crippen LogP contribution in [0.2, 0.25) is 0 Å². The Kier molecular flexibility index (Phi) is 6.07. The van der Waals surface area contributed by atoms with Gasteiger partial charge in [-0.05, 0) is 56.5 Å². The Morgan fingerprint density at radius 2 is 1.76 bits per heavy atom. The molecule has 0 bridgehead atoms. The van der Waals surface area contributed by atoms with Crippen LogP contribution < -0.4 is 5.32 Å². The highest BCUT2D eigenvalue weighted by Gasteiger charge is 2.19. The number of aromatic nitrogens is 3. The summed E-state index contributed by atoms with van der Waals surface area (Å²) in [6, 6.07) is 15.1. The van der Waals surface area contributed by atoms with Gasteiger partial charge in [0, 0.05) is 0 Å². The third-order valence-corrected chi connectivity index (χ3v) is 4.71. The van der Waals surface area contributed by atoms with E-state index in [0.717, 1.165) is 16.8 Å². The SMILES string of the molecule is Cc1ccc([C@@H](C)NC(=O)COC(=O)c2nn(-c3ccccc3)nc2C)cc1C. The Morgan fingerprint density at radius 3 is 2.45 bits per heavy atom. The number of para-hydroxylation sites is 1. The smallest absolute Gasteiger partial charge is 0.361 e. The van der Waals surface area contributed by atoms with Crippen molar-refractivity contribution < 1.29 is 14.3 Å². The Labute approximate surface area is 169 Å². The number of nitrogens with one attached hydrogen (secondary N) is 1. The van der Waals surface area contributed by atoms with Gasteiger partial charge in [-0.2, -0.15) is 9.90 Å². The molecule has 0 spiro atoms. The van der Waals surface area contributed by atoms with Crippen molar-refractivity contribution >= 4 is 11.9 Å². The molecule has 0 aliphatic rings. The average molecular weight is 392 g/mol. The van der Waals surface area contributed by atoms with Crippen molar-refractivity contribution in [2.75, 3.05) is 6.61 Å². The highest BCUT2D eigenvalue weighted by atomic mass is 16.5. The summed E-state index contributed by atoms with van der Waals surface area (Å²) in [5, 5.41) is 11.3. The van der Waals surface area contributed by atoms with E-state index in [9.17, 15) is 9.59 Å². The Morgan fingerprint density at radius 1 is 1.03 bits per heavy atom. The standard InChI is InChI=1S/C22H24N4O3/c1-14-10-11-18(12-15(14)2)16(3)23-20(27)13-29-22(28)21-17(4)24-26(25-21)19-8-6-5-7-9-19/h5-12,16H,13H2,1-4H3,(H,23,27)/t16-/m1/s1. The molecule has 0 radical (unpaired) electrons. The second kappa shape index (κ2) is 8.68. The number of benzene rings is 2. The molecule has 29 heavy (non-hydrogen) atoms. The van der Waals surface area contributed by atoms with Gasteiger partial charge in [0.05, 0.1) is 17.4 Å². The molecule has 1 aromatic heterocycles. The monoisotopic (exact) mass is 392 g/mol. The molecule has 0 fully saturated rings. The third-order valence-electron chi connectivity index (χ3n) is 4.71. The van der Waals surface area contributed by atoms with Gasteiger partial charge in [-0.15, -0.1) is 5.10 Å². The van der Waals surface area contributed by atoms with E-state index in [2.05, 4.69) is 15.5 Å². The van der Waals surface area contributed by atoms with Crippen LogP contribution in [0.3, 0.4) is 0 Å². The summed E-state index contributed by atoms with van der Waals surface area (Å²) in [5.74, 6) is -1.06. The maximum Gasteiger partial charge on any atom is 0.361 e. The van der Waals surface area contributed by atoms with Crippen LogP contribution in [0, 0.1) is 20.8 Å². The minimum Gasteiger partial charge on any atom is -0.451 e. The van der Waals surface area contributed by atoms with Gasteiger partial charge in [0.1, 0.15) is 0 Å². The lowest BCUT2D eigenvalue weighted by molar-refractivity contribution is -0.124. The van der Waals surface area contributed by atoms with E-state index in [1.165, 1.54) is 10.4 Å². The summed E-state index contributed by atoms with van der Waals surface area (Å²) in [4.78, 5) is 25.9. The van der Waals surface area contributed by atoms with Crippen LogP contribution in [0.15, 0.2) is 48.5 Å². The van der Waals surface area contributed by atoms with Crippen molar-refractivity contribution in [2.24, 2.45) is 0 Å². The third kappa shape index (κ3) is 4.87. The molecule has 0 saturated carbocycles. The molecule has 0 saturated heterocycles. The van der Waals surface area contributed by atoms with E-state index in [4.69, 9.17) is 4.74 Å². The molecule has 7 heteroatoms. The predicted octanol–water partition coefficient (Wildman–Crippen LogP) is 3.23. The molecule has 2 aromatic carbocycles. The number of amides is 1. The van der Waals surface area contributed by atoms with Crippen molar-refractivity contribution in [3.05, 3.63) is 76.6 Å². The zero-order valence-corrected chi connectivity index (χ0v) is 17.0. The molecule has 1 amide bonds. The summed E-state index contributed by atoms with van der Waals surface area (Å²) in [5.41, 5.74) is 4.60. The average Bonchev–Trinajstić information content (AvgIpc) is 3.10. The number of carbonyl (C=O) groups excluding carboxylic acids is 2. The molecule has 150 valence electrons. The van der Waals surface area contributed by atoms with E-state index in [0.29, 0.717) is 5.69 Å². The molecule has 1 atom stereocenters. The van der Waals surface area contributed by atoms with Gasteiger partial charge in [-0.1, -0.05) is 36.4 Å². The predicted molar refractivity (Wildman–Crippen MR) is 109 cm³/mol. The normalized spacial score (nSPS) is 11.7. The maximum atomic E-state index is 12.3. The largest absolute Gasteiger partial charge is 0.451 e. The second-order valence-electron chi connectivity index (χ2n) is 6.97. The van der Waals surface area contributed by atoms with Crippen molar-refractivity contribution in [1.82, 2.24) is 20.3 Å². The van der Waals surface area contributed by atoms with Crippen LogP contribution in [0.1, 0.15) is 45.8 Å². The van der Waals surface area contributed by atoms with Gasteiger partial charge in [0.2, 0.25) is 0 Å². The lowest BCUT2D eigenvalue weighted by Gasteiger charge is -2.15. The summed E-state index contributed by atoms with van der Waals surface area (Å²) in [7, 11) is 0. The Hall–Kier alpha value is -3.48. The summed E-state index contributed by atoms with van der Waals surface area (Å²) >= 11 is 0. The number of esters is 1. The molecule has 3 rings (SSSR count). The lowest BCUT2D eigenvalue weighted by Crippen LogP contribution is -2.31. The van der Waals surface area contributed by atoms with Gasteiger partial charge >= 0.3 is 5.97 Å². The molecule has 1 heterocycles. The van der Waals surface area contributed by atoms with E-state index in [1.807, 2.05) is 69.3 Å². The fourth-order valence-electron chi connectivity index (χ4n) is 2.84. The van der Waals surface area contributed by atoms with Crippen LogP contribution >= 0.6 is 0 Å². The molecule has 0 aliphatic heterocycles. The van der Waals surface area contributed by atoms with Crippen LogP contribution in [0.25, 0.3) is 5.69 Å². The molecular weight excluding hydrogens is 368 g/mol. The number of carbonyl (C=O) groups is 2.